The van der Waals surface area contributed by atoms with Gasteiger partial charge in [-0.25, -0.2) is 13.1 Å². The van der Waals surface area contributed by atoms with E-state index in [1.54, 1.807) is 12.1 Å². The lowest BCUT2D eigenvalue weighted by Gasteiger charge is -2.24. The lowest BCUT2D eigenvalue weighted by Crippen LogP contribution is -2.42. The van der Waals surface area contributed by atoms with Crippen LogP contribution in [0.4, 0.5) is 0 Å². The summed E-state index contributed by atoms with van der Waals surface area (Å²) >= 11 is 0. The zero-order valence-electron chi connectivity index (χ0n) is 12.8. The van der Waals surface area contributed by atoms with Gasteiger partial charge in [0.05, 0.1) is 7.11 Å². The Morgan fingerprint density at radius 2 is 1.95 bits per heavy atom. The lowest BCUT2D eigenvalue weighted by atomic mass is 10.0. The molecule has 0 aliphatic rings. The third-order valence-corrected chi connectivity index (χ3v) is 4.91. The molecule has 6 heteroatoms. The number of methoxy groups -OCH3 is 1. The van der Waals surface area contributed by atoms with E-state index < -0.39 is 15.6 Å². The topological polar surface area (TPSA) is 67.4 Å². The molecule has 0 aromatic heterocycles. The van der Waals surface area contributed by atoms with E-state index in [9.17, 15) is 8.42 Å². The summed E-state index contributed by atoms with van der Waals surface area (Å²) < 4.78 is 33.0. The van der Waals surface area contributed by atoms with Crippen LogP contribution in [0, 0.1) is 0 Å². The molecule has 1 aromatic rings. The quantitative estimate of drug-likeness (QED) is 0.807. The summed E-state index contributed by atoms with van der Waals surface area (Å²) in [5.74, 6) is 0.351. The molecular formula is C14H24N2O3S. The summed E-state index contributed by atoms with van der Waals surface area (Å²) in [7, 11) is -0.331. The van der Waals surface area contributed by atoms with Crippen LogP contribution in [-0.4, -0.2) is 28.1 Å². The Labute approximate surface area is 121 Å². The zero-order valence-corrected chi connectivity index (χ0v) is 13.6. The first-order valence-electron chi connectivity index (χ1n) is 6.61. The van der Waals surface area contributed by atoms with Crippen LogP contribution in [-0.2, 0) is 16.6 Å². The van der Waals surface area contributed by atoms with Crippen LogP contribution in [0.15, 0.2) is 23.1 Å². The van der Waals surface area contributed by atoms with Crippen LogP contribution in [0.3, 0.4) is 0 Å². The molecule has 0 amide bonds. The molecule has 0 bridgehead atoms. The van der Waals surface area contributed by atoms with Crippen molar-refractivity contribution in [2.24, 2.45) is 0 Å². The van der Waals surface area contributed by atoms with Crippen molar-refractivity contribution in [3.05, 3.63) is 23.8 Å². The second-order valence-corrected chi connectivity index (χ2v) is 7.01. The molecule has 0 saturated heterocycles. The van der Waals surface area contributed by atoms with E-state index in [2.05, 4.69) is 10.0 Å². The van der Waals surface area contributed by atoms with E-state index in [0.29, 0.717) is 18.7 Å². The van der Waals surface area contributed by atoms with E-state index in [4.69, 9.17) is 4.74 Å². The number of sulfonamides is 1. The number of hydrogen-bond acceptors (Lipinski definition) is 4. The Hall–Kier alpha value is -1.11. The highest BCUT2D eigenvalue weighted by atomic mass is 32.2. The molecule has 5 nitrogen and oxygen atoms in total. The molecule has 0 unspecified atom stereocenters. The fraction of sp³-hybridized carbons (Fsp3) is 0.571. The molecule has 114 valence electrons. The third kappa shape index (κ3) is 4.19. The van der Waals surface area contributed by atoms with Crippen LogP contribution < -0.4 is 14.8 Å². The normalized spacial score (nSPS) is 12.4. The maximum absolute atomic E-state index is 12.5. The zero-order chi connectivity index (χ0) is 15.4. The van der Waals surface area contributed by atoms with Gasteiger partial charge < -0.3 is 10.1 Å². The molecule has 0 fully saturated rings. The largest absolute Gasteiger partial charge is 0.495 e. The monoisotopic (exact) mass is 300 g/mol. The Morgan fingerprint density at radius 1 is 1.30 bits per heavy atom. The molecule has 20 heavy (non-hydrogen) atoms. The SMILES string of the molecule is CCC(C)(C)NS(=O)(=O)c1cc(CNC)ccc1OC. The molecular weight excluding hydrogens is 276 g/mol. The molecule has 2 N–H and O–H groups in total. The average Bonchev–Trinajstić information content (AvgIpc) is 2.38. The molecule has 0 heterocycles. The first-order chi connectivity index (χ1) is 9.25. The van der Waals surface area contributed by atoms with Crippen LogP contribution in [0.5, 0.6) is 5.75 Å². The van der Waals surface area contributed by atoms with Crippen molar-refractivity contribution in [2.45, 2.75) is 44.2 Å². The van der Waals surface area contributed by atoms with Gasteiger partial charge in [0.1, 0.15) is 10.6 Å². The van der Waals surface area contributed by atoms with Gasteiger partial charge in [-0.15, -0.1) is 0 Å². The summed E-state index contributed by atoms with van der Waals surface area (Å²) in [6, 6.07) is 5.17. The van der Waals surface area contributed by atoms with Gasteiger partial charge >= 0.3 is 0 Å². The minimum Gasteiger partial charge on any atom is -0.495 e. The van der Waals surface area contributed by atoms with Crippen molar-refractivity contribution in [3.8, 4) is 5.75 Å². The number of ether oxygens (including phenoxy) is 1. The Morgan fingerprint density at radius 3 is 2.45 bits per heavy atom. The van der Waals surface area contributed by atoms with Crippen molar-refractivity contribution in [1.29, 1.82) is 0 Å². The van der Waals surface area contributed by atoms with Crippen LogP contribution in [0.1, 0.15) is 32.8 Å². The second-order valence-electron chi connectivity index (χ2n) is 5.36. The standard InChI is InChI=1S/C14H24N2O3S/c1-6-14(2,3)16-20(17,18)13-9-11(10-15-4)7-8-12(13)19-5/h7-9,15-16H,6,10H2,1-5H3. The minimum absolute atomic E-state index is 0.175. The maximum atomic E-state index is 12.5. The van der Waals surface area contributed by atoms with Gasteiger partial charge in [-0.05, 0) is 45.0 Å². The van der Waals surface area contributed by atoms with Gasteiger partial charge in [-0.3, -0.25) is 0 Å². The number of benzene rings is 1. The fourth-order valence-corrected chi connectivity index (χ4v) is 3.44. The van der Waals surface area contributed by atoms with Gasteiger partial charge in [-0.2, -0.15) is 0 Å². The van der Waals surface area contributed by atoms with Crippen LogP contribution in [0.2, 0.25) is 0 Å². The van der Waals surface area contributed by atoms with Crippen molar-refractivity contribution in [3.63, 3.8) is 0 Å². The minimum atomic E-state index is -3.62. The van der Waals surface area contributed by atoms with E-state index in [-0.39, 0.29) is 4.90 Å². The van der Waals surface area contributed by atoms with Crippen LogP contribution in [0.25, 0.3) is 0 Å². The van der Waals surface area contributed by atoms with Crippen molar-refractivity contribution < 1.29 is 13.2 Å². The molecule has 0 aliphatic carbocycles. The van der Waals surface area contributed by atoms with Gasteiger partial charge in [-0.1, -0.05) is 13.0 Å². The van der Waals surface area contributed by atoms with Crippen molar-refractivity contribution in [2.75, 3.05) is 14.2 Å². The number of hydrogen-bond donors (Lipinski definition) is 2. The van der Waals surface area contributed by atoms with Crippen molar-refractivity contribution >= 4 is 10.0 Å². The van der Waals surface area contributed by atoms with Crippen molar-refractivity contribution in [1.82, 2.24) is 10.0 Å². The Bertz CT molecular complexity index is 554. The first kappa shape index (κ1) is 16.9. The van der Waals surface area contributed by atoms with E-state index >= 15 is 0 Å². The lowest BCUT2D eigenvalue weighted by molar-refractivity contribution is 0.398. The molecule has 0 atom stereocenters. The molecule has 0 aliphatic heterocycles. The van der Waals surface area contributed by atoms with Gasteiger partial charge in [0.2, 0.25) is 10.0 Å². The summed E-state index contributed by atoms with van der Waals surface area (Å²) in [4.78, 5) is 0.175. The highest BCUT2D eigenvalue weighted by Gasteiger charge is 2.27. The van der Waals surface area contributed by atoms with Gasteiger partial charge in [0.15, 0.2) is 0 Å². The summed E-state index contributed by atoms with van der Waals surface area (Å²) in [6.07, 6.45) is 0.699. The van der Waals surface area contributed by atoms with Gasteiger partial charge in [0, 0.05) is 12.1 Å². The second kappa shape index (κ2) is 6.56. The molecule has 0 saturated carbocycles. The Kier molecular flexibility index (Phi) is 5.56. The smallest absolute Gasteiger partial charge is 0.244 e. The summed E-state index contributed by atoms with van der Waals surface area (Å²) in [5.41, 5.74) is 0.394. The molecule has 0 radical (unpaired) electrons. The predicted octanol–water partition coefficient (Wildman–Crippen LogP) is 1.88. The highest BCUT2D eigenvalue weighted by Crippen LogP contribution is 2.26. The van der Waals surface area contributed by atoms with Gasteiger partial charge in [0.25, 0.3) is 0 Å². The Balaban J connectivity index is 3.24. The van der Waals surface area contributed by atoms with E-state index in [1.807, 2.05) is 33.9 Å². The average molecular weight is 300 g/mol. The summed E-state index contributed by atoms with van der Waals surface area (Å²) in [5, 5.41) is 3.00. The molecule has 1 rings (SSSR count). The highest BCUT2D eigenvalue weighted by molar-refractivity contribution is 7.89. The molecule has 0 spiro atoms. The fourth-order valence-electron chi connectivity index (χ4n) is 1.74. The van der Waals surface area contributed by atoms with E-state index in [0.717, 1.165) is 5.56 Å². The predicted molar refractivity (Wildman–Crippen MR) is 80.4 cm³/mol. The number of rotatable bonds is 7. The maximum Gasteiger partial charge on any atom is 0.244 e. The third-order valence-electron chi connectivity index (χ3n) is 3.19. The number of nitrogens with one attached hydrogen (secondary N) is 2. The van der Waals surface area contributed by atoms with E-state index in [1.165, 1.54) is 7.11 Å². The first-order valence-corrected chi connectivity index (χ1v) is 8.09. The molecule has 1 aromatic carbocycles. The van der Waals surface area contributed by atoms with Crippen LogP contribution >= 0.6 is 0 Å². The summed E-state index contributed by atoms with van der Waals surface area (Å²) in [6.45, 7) is 6.25.